The number of hydrogen-bond acceptors (Lipinski definition) is 5. The molecule has 4 atom stereocenters. The van der Waals surface area contributed by atoms with E-state index in [0.29, 0.717) is 0 Å². The van der Waals surface area contributed by atoms with Crippen LogP contribution in [-0.2, 0) is 14.4 Å². The first kappa shape index (κ1) is 20.3. The van der Waals surface area contributed by atoms with Crippen molar-refractivity contribution in [3.63, 3.8) is 0 Å². The number of carbonyl (C=O) groups excluding carboxylic acids is 3. The molecule has 1 aliphatic rings. The average Bonchev–Trinajstić information content (AvgIpc) is 2.54. The number of hydrogen-bond donors (Lipinski definition) is 1. The number of benzene rings is 1. The molecule has 1 fully saturated rings. The van der Waals surface area contributed by atoms with Crippen molar-refractivity contribution >= 4 is 23.0 Å². The lowest BCUT2D eigenvalue weighted by Gasteiger charge is -2.44. The lowest BCUT2D eigenvalue weighted by Crippen LogP contribution is -2.53. The predicted octanol–water partition coefficient (Wildman–Crippen LogP) is 2.75. The van der Waals surface area contributed by atoms with Gasteiger partial charge < -0.3 is 10.0 Å². The van der Waals surface area contributed by atoms with Gasteiger partial charge in [0, 0.05) is 31.1 Å². The Balaban J connectivity index is 2.53. The number of nitrogens with zero attached hydrogens (tertiary/aromatic N) is 1. The van der Waals surface area contributed by atoms with Gasteiger partial charge in [0.15, 0.2) is 0 Å². The van der Waals surface area contributed by atoms with Crippen LogP contribution in [0.15, 0.2) is 24.3 Å². The van der Waals surface area contributed by atoms with Gasteiger partial charge in [0.25, 0.3) is 0 Å². The van der Waals surface area contributed by atoms with Crippen molar-refractivity contribution < 1.29 is 19.5 Å². The Hall–Kier alpha value is -2.01. The normalized spacial score (nSPS) is 28.7. The predicted molar refractivity (Wildman–Crippen MR) is 101 cm³/mol. The zero-order chi connectivity index (χ0) is 19.6. The van der Waals surface area contributed by atoms with Crippen molar-refractivity contribution in [3.8, 4) is 0 Å². The maximum absolute atomic E-state index is 12.6. The zero-order valence-electron chi connectivity index (χ0n) is 16.3. The number of ketones is 3. The second-order valence-corrected chi connectivity index (χ2v) is 7.47. The number of anilines is 1. The largest absolute Gasteiger partial charge is 0.389 e. The summed E-state index contributed by atoms with van der Waals surface area (Å²) in [6.45, 7) is 10.2. The Morgan fingerprint density at radius 1 is 1.12 bits per heavy atom. The van der Waals surface area contributed by atoms with E-state index in [1.807, 2.05) is 24.3 Å². The summed E-state index contributed by atoms with van der Waals surface area (Å²) in [6, 6.07) is 7.65. The second kappa shape index (κ2) is 7.70. The Labute approximate surface area is 155 Å². The molecule has 0 heterocycles. The van der Waals surface area contributed by atoms with E-state index in [4.69, 9.17) is 0 Å². The lowest BCUT2D eigenvalue weighted by molar-refractivity contribution is -0.151. The first-order chi connectivity index (χ1) is 12.1. The summed E-state index contributed by atoms with van der Waals surface area (Å²) < 4.78 is 0. The number of Topliss-reactive ketones (excluding diaryl/α,β-unsaturated/α-hetero) is 3. The molecule has 2 rings (SSSR count). The van der Waals surface area contributed by atoms with Crippen LogP contribution in [0.2, 0.25) is 0 Å². The first-order valence-corrected chi connectivity index (χ1v) is 9.24. The molecule has 1 aromatic rings. The van der Waals surface area contributed by atoms with Crippen LogP contribution in [-0.4, -0.2) is 41.1 Å². The standard InChI is InChI=1S/C21H29NO4/c1-6-22(7-2)16-10-8-15(9-11-16)19-18(13(3)23)17(25)12-21(5,26)20(19)14(4)24/h8-11,18-20,26H,6-7,12H2,1-5H3/t18-,19+,20+,21+/m0/s1. The summed E-state index contributed by atoms with van der Waals surface area (Å²) in [5.41, 5.74) is 0.345. The summed E-state index contributed by atoms with van der Waals surface area (Å²) in [6.07, 6.45) is -0.171. The van der Waals surface area contributed by atoms with E-state index in [1.165, 1.54) is 20.8 Å². The molecule has 1 aromatic carbocycles. The van der Waals surface area contributed by atoms with Crippen LogP contribution in [0.25, 0.3) is 0 Å². The van der Waals surface area contributed by atoms with E-state index >= 15 is 0 Å². The van der Waals surface area contributed by atoms with Crippen molar-refractivity contribution in [1.29, 1.82) is 0 Å². The molecule has 1 saturated carbocycles. The van der Waals surface area contributed by atoms with Gasteiger partial charge >= 0.3 is 0 Å². The molecule has 0 spiro atoms. The molecule has 5 heteroatoms. The maximum atomic E-state index is 12.6. The van der Waals surface area contributed by atoms with Gasteiger partial charge in [-0.15, -0.1) is 0 Å². The Morgan fingerprint density at radius 2 is 1.65 bits per heavy atom. The van der Waals surface area contributed by atoms with Crippen LogP contribution in [0.3, 0.4) is 0 Å². The summed E-state index contributed by atoms with van der Waals surface area (Å²) in [5.74, 6) is -3.05. The topological polar surface area (TPSA) is 74.7 Å². The Morgan fingerprint density at radius 3 is 2.08 bits per heavy atom. The maximum Gasteiger partial charge on any atom is 0.146 e. The SMILES string of the molecule is CCN(CC)c1ccc([C@@H]2[C@@H](C(C)=O)C(=O)C[C@@](C)(O)[C@@H]2C(C)=O)cc1. The Kier molecular flexibility index (Phi) is 6.02. The highest BCUT2D eigenvalue weighted by molar-refractivity contribution is 6.05. The quantitative estimate of drug-likeness (QED) is 0.791. The van der Waals surface area contributed by atoms with E-state index in [0.717, 1.165) is 24.3 Å². The van der Waals surface area contributed by atoms with Crippen LogP contribution in [0.5, 0.6) is 0 Å². The molecule has 0 unspecified atom stereocenters. The van der Waals surface area contributed by atoms with Crippen LogP contribution >= 0.6 is 0 Å². The fourth-order valence-electron chi connectivity index (χ4n) is 4.40. The highest BCUT2D eigenvalue weighted by atomic mass is 16.3. The molecule has 26 heavy (non-hydrogen) atoms. The Bertz CT molecular complexity index is 688. The number of carbonyl (C=O) groups is 3. The molecule has 1 aliphatic carbocycles. The number of rotatable bonds is 6. The average molecular weight is 359 g/mol. The fraction of sp³-hybridized carbons (Fsp3) is 0.571. The third kappa shape index (κ3) is 3.73. The van der Waals surface area contributed by atoms with Crippen molar-refractivity contribution in [2.24, 2.45) is 11.8 Å². The molecule has 0 bridgehead atoms. The van der Waals surface area contributed by atoms with Crippen LogP contribution in [0.4, 0.5) is 5.69 Å². The molecular formula is C21H29NO4. The molecular weight excluding hydrogens is 330 g/mol. The van der Waals surface area contributed by atoms with E-state index in [1.54, 1.807) is 0 Å². The van der Waals surface area contributed by atoms with E-state index in [9.17, 15) is 19.5 Å². The van der Waals surface area contributed by atoms with Crippen LogP contribution in [0.1, 0.15) is 52.5 Å². The van der Waals surface area contributed by atoms with Gasteiger partial charge in [0.2, 0.25) is 0 Å². The highest BCUT2D eigenvalue weighted by Crippen LogP contribution is 2.46. The van der Waals surface area contributed by atoms with E-state index in [2.05, 4.69) is 18.7 Å². The van der Waals surface area contributed by atoms with Crippen molar-refractivity contribution in [1.82, 2.24) is 0 Å². The second-order valence-electron chi connectivity index (χ2n) is 7.47. The smallest absolute Gasteiger partial charge is 0.146 e. The van der Waals surface area contributed by atoms with Gasteiger partial charge in [-0.25, -0.2) is 0 Å². The molecule has 5 nitrogen and oxygen atoms in total. The van der Waals surface area contributed by atoms with Crippen LogP contribution < -0.4 is 4.90 Å². The van der Waals surface area contributed by atoms with E-state index < -0.39 is 23.4 Å². The summed E-state index contributed by atoms with van der Waals surface area (Å²) in [5, 5.41) is 10.8. The fourth-order valence-corrected chi connectivity index (χ4v) is 4.40. The van der Waals surface area contributed by atoms with Crippen molar-refractivity contribution in [3.05, 3.63) is 29.8 Å². The van der Waals surface area contributed by atoms with Gasteiger partial charge in [-0.2, -0.15) is 0 Å². The molecule has 0 radical (unpaired) electrons. The monoisotopic (exact) mass is 359 g/mol. The van der Waals surface area contributed by atoms with Crippen LogP contribution in [0, 0.1) is 11.8 Å². The minimum atomic E-state index is -1.45. The van der Waals surface area contributed by atoms with E-state index in [-0.39, 0.29) is 23.8 Å². The lowest BCUT2D eigenvalue weighted by atomic mass is 9.60. The van der Waals surface area contributed by atoms with Crippen molar-refractivity contribution in [2.45, 2.75) is 52.6 Å². The van der Waals surface area contributed by atoms with Crippen molar-refractivity contribution in [2.75, 3.05) is 18.0 Å². The van der Waals surface area contributed by atoms with Gasteiger partial charge in [-0.1, -0.05) is 12.1 Å². The first-order valence-electron chi connectivity index (χ1n) is 9.24. The molecule has 0 aliphatic heterocycles. The summed E-state index contributed by atoms with van der Waals surface area (Å²) in [7, 11) is 0. The zero-order valence-corrected chi connectivity index (χ0v) is 16.3. The third-order valence-electron chi connectivity index (χ3n) is 5.55. The summed E-state index contributed by atoms with van der Waals surface area (Å²) in [4.78, 5) is 39.3. The molecule has 1 N–H and O–H groups in total. The minimum Gasteiger partial charge on any atom is -0.389 e. The van der Waals surface area contributed by atoms with Gasteiger partial charge in [-0.3, -0.25) is 14.4 Å². The number of aliphatic hydroxyl groups is 1. The molecule has 0 aromatic heterocycles. The summed E-state index contributed by atoms with van der Waals surface area (Å²) >= 11 is 0. The minimum absolute atomic E-state index is 0.171. The highest BCUT2D eigenvalue weighted by Gasteiger charge is 2.53. The molecule has 0 amide bonds. The molecule has 142 valence electrons. The van der Waals surface area contributed by atoms with Gasteiger partial charge in [0.05, 0.1) is 17.4 Å². The molecule has 0 saturated heterocycles. The van der Waals surface area contributed by atoms with Gasteiger partial charge in [-0.05, 0) is 52.3 Å². The van der Waals surface area contributed by atoms with Gasteiger partial charge in [0.1, 0.15) is 17.3 Å². The third-order valence-corrected chi connectivity index (χ3v) is 5.55.